The standard InChI is InChI=1S/C17H23NO2S/c1-11(2)16-14(10-19)21-15(18-16)8-9-20-17-12(3)6-5-7-13(17)4/h5-7,11,19H,8-10H2,1-4H3. The van der Waals surface area contributed by atoms with Crippen LogP contribution in [0.1, 0.15) is 46.5 Å². The Bertz CT molecular complexity index is 585. The summed E-state index contributed by atoms with van der Waals surface area (Å²) >= 11 is 1.59. The zero-order chi connectivity index (χ0) is 15.4. The number of aliphatic hydroxyl groups excluding tert-OH is 1. The second-order valence-electron chi connectivity index (χ2n) is 5.55. The number of hydrogen-bond donors (Lipinski definition) is 1. The lowest BCUT2D eigenvalue weighted by atomic mass is 10.1. The van der Waals surface area contributed by atoms with Crippen molar-refractivity contribution in [2.75, 3.05) is 6.61 Å². The summed E-state index contributed by atoms with van der Waals surface area (Å²) in [7, 11) is 0. The summed E-state index contributed by atoms with van der Waals surface area (Å²) in [6.07, 6.45) is 0.776. The van der Waals surface area contributed by atoms with Gasteiger partial charge in [0.1, 0.15) is 5.75 Å². The van der Waals surface area contributed by atoms with E-state index in [0.29, 0.717) is 12.5 Å². The second kappa shape index (κ2) is 7.05. The average Bonchev–Trinajstić information content (AvgIpc) is 2.85. The Kier molecular flexibility index (Phi) is 5.37. The highest BCUT2D eigenvalue weighted by Gasteiger charge is 2.13. The SMILES string of the molecule is Cc1cccc(C)c1OCCc1nc(C(C)C)c(CO)s1. The lowest BCUT2D eigenvalue weighted by Crippen LogP contribution is -2.04. The van der Waals surface area contributed by atoms with Gasteiger partial charge >= 0.3 is 0 Å². The minimum absolute atomic E-state index is 0.0724. The normalized spacial score (nSPS) is 11.1. The molecule has 0 amide bonds. The maximum Gasteiger partial charge on any atom is 0.125 e. The van der Waals surface area contributed by atoms with E-state index in [-0.39, 0.29) is 6.61 Å². The van der Waals surface area contributed by atoms with Crippen molar-refractivity contribution in [1.29, 1.82) is 0 Å². The molecule has 0 bridgehead atoms. The van der Waals surface area contributed by atoms with Crippen molar-refractivity contribution in [3.8, 4) is 5.75 Å². The van der Waals surface area contributed by atoms with Gasteiger partial charge in [-0.05, 0) is 30.9 Å². The third kappa shape index (κ3) is 3.83. The van der Waals surface area contributed by atoms with Gasteiger partial charge in [0, 0.05) is 6.42 Å². The number of ether oxygens (including phenoxy) is 1. The highest BCUT2D eigenvalue weighted by atomic mass is 32.1. The lowest BCUT2D eigenvalue weighted by Gasteiger charge is -2.11. The molecule has 0 aliphatic rings. The molecule has 0 fully saturated rings. The number of aliphatic hydroxyl groups is 1. The Balaban J connectivity index is 2.01. The largest absolute Gasteiger partial charge is 0.493 e. The molecule has 1 aromatic heterocycles. The molecule has 0 atom stereocenters. The molecule has 0 spiro atoms. The molecule has 2 rings (SSSR count). The number of hydrogen-bond acceptors (Lipinski definition) is 4. The number of aromatic nitrogens is 1. The first-order valence-corrected chi connectivity index (χ1v) is 8.13. The van der Waals surface area contributed by atoms with Gasteiger partial charge in [-0.1, -0.05) is 32.0 Å². The molecule has 21 heavy (non-hydrogen) atoms. The monoisotopic (exact) mass is 305 g/mol. The maximum absolute atomic E-state index is 9.40. The molecule has 0 saturated heterocycles. The van der Waals surface area contributed by atoms with Crippen molar-refractivity contribution in [2.24, 2.45) is 0 Å². The molecule has 1 N–H and O–H groups in total. The van der Waals surface area contributed by atoms with E-state index in [4.69, 9.17) is 4.74 Å². The fourth-order valence-corrected chi connectivity index (χ4v) is 3.42. The smallest absolute Gasteiger partial charge is 0.125 e. The molecule has 0 aliphatic heterocycles. The van der Waals surface area contributed by atoms with Gasteiger partial charge in [0.25, 0.3) is 0 Å². The highest BCUT2D eigenvalue weighted by molar-refractivity contribution is 7.11. The first kappa shape index (κ1) is 16.0. The summed E-state index contributed by atoms with van der Waals surface area (Å²) in [5, 5.41) is 10.4. The van der Waals surface area contributed by atoms with E-state index in [1.165, 1.54) is 0 Å². The Labute approximate surface area is 130 Å². The lowest BCUT2D eigenvalue weighted by molar-refractivity contribution is 0.283. The second-order valence-corrected chi connectivity index (χ2v) is 6.72. The fourth-order valence-electron chi connectivity index (χ4n) is 2.35. The number of para-hydroxylation sites is 1. The summed E-state index contributed by atoms with van der Waals surface area (Å²) in [4.78, 5) is 5.61. The van der Waals surface area contributed by atoms with E-state index in [1.54, 1.807) is 11.3 Å². The Morgan fingerprint density at radius 1 is 1.24 bits per heavy atom. The zero-order valence-corrected chi connectivity index (χ0v) is 14.0. The predicted molar refractivity (Wildman–Crippen MR) is 87.2 cm³/mol. The van der Waals surface area contributed by atoms with Crippen LogP contribution in [0.2, 0.25) is 0 Å². The molecule has 114 valence electrons. The zero-order valence-electron chi connectivity index (χ0n) is 13.1. The number of thiazole rings is 1. The van der Waals surface area contributed by atoms with Crippen LogP contribution in [-0.4, -0.2) is 16.7 Å². The minimum Gasteiger partial charge on any atom is -0.493 e. The molecule has 1 heterocycles. The third-order valence-electron chi connectivity index (χ3n) is 3.43. The van der Waals surface area contributed by atoms with Gasteiger partial charge in [-0.25, -0.2) is 4.98 Å². The summed E-state index contributed by atoms with van der Waals surface area (Å²) < 4.78 is 5.92. The van der Waals surface area contributed by atoms with Crippen molar-refractivity contribution < 1.29 is 9.84 Å². The minimum atomic E-state index is 0.0724. The topological polar surface area (TPSA) is 42.4 Å². The van der Waals surface area contributed by atoms with Crippen LogP contribution >= 0.6 is 11.3 Å². The van der Waals surface area contributed by atoms with Gasteiger partial charge < -0.3 is 9.84 Å². The van der Waals surface area contributed by atoms with E-state index < -0.39 is 0 Å². The Morgan fingerprint density at radius 3 is 2.43 bits per heavy atom. The summed E-state index contributed by atoms with van der Waals surface area (Å²) in [6, 6.07) is 6.17. The van der Waals surface area contributed by atoms with Crippen LogP contribution < -0.4 is 4.74 Å². The van der Waals surface area contributed by atoms with E-state index in [2.05, 4.69) is 44.8 Å². The average molecular weight is 305 g/mol. The molecular formula is C17H23NO2S. The summed E-state index contributed by atoms with van der Waals surface area (Å²) in [6.45, 7) is 9.01. The van der Waals surface area contributed by atoms with Crippen LogP contribution in [0.5, 0.6) is 5.75 Å². The van der Waals surface area contributed by atoms with E-state index in [9.17, 15) is 5.11 Å². The van der Waals surface area contributed by atoms with Gasteiger partial charge in [0.05, 0.1) is 28.8 Å². The Hall–Kier alpha value is -1.39. The van der Waals surface area contributed by atoms with Crippen LogP contribution in [0.3, 0.4) is 0 Å². The van der Waals surface area contributed by atoms with Crippen molar-refractivity contribution in [3.05, 3.63) is 44.9 Å². The number of rotatable bonds is 6. The molecule has 0 radical (unpaired) electrons. The predicted octanol–water partition coefficient (Wildman–Crippen LogP) is 4.00. The Morgan fingerprint density at radius 2 is 1.90 bits per heavy atom. The van der Waals surface area contributed by atoms with Gasteiger partial charge in [-0.3, -0.25) is 0 Å². The van der Waals surface area contributed by atoms with Crippen LogP contribution in [0.25, 0.3) is 0 Å². The molecule has 4 heteroatoms. The van der Waals surface area contributed by atoms with Crippen LogP contribution in [0.15, 0.2) is 18.2 Å². The number of benzene rings is 1. The van der Waals surface area contributed by atoms with E-state index in [1.807, 2.05) is 6.07 Å². The van der Waals surface area contributed by atoms with Crippen molar-refractivity contribution in [3.63, 3.8) is 0 Å². The van der Waals surface area contributed by atoms with Crippen molar-refractivity contribution in [2.45, 2.75) is 46.6 Å². The molecule has 0 unspecified atom stereocenters. The molecule has 2 aromatic rings. The van der Waals surface area contributed by atoms with Gasteiger partial charge in [0.15, 0.2) is 0 Å². The molecule has 0 aliphatic carbocycles. The summed E-state index contributed by atoms with van der Waals surface area (Å²) in [5.41, 5.74) is 3.34. The number of aryl methyl sites for hydroxylation is 2. The van der Waals surface area contributed by atoms with Crippen molar-refractivity contribution in [1.82, 2.24) is 4.98 Å². The highest BCUT2D eigenvalue weighted by Crippen LogP contribution is 2.26. The van der Waals surface area contributed by atoms with Crippen LogP contribution in [0.4, 0.5) is 0 Å². The maximum atomic E-state index is 9.40. The van der Waals surface area contributed by atoms with Crippen LogP contribution in [-0.2, 0) is 13.0 Å². The first-order valence-electron chi connectivity index (χ1n) is 7.31. The van der Waals surface area contributed by atoms with Crippen molar-refractivity contribution >= 4 is 11.3 Å². The molecular weight excluding hydrogens is 282 g/mol. The third-order valence-corrected chi connectivity index (χ3v) is 4.55. The van der Waals surface area contributed by atoms with Gasteiger partial charge in [-0.15, -0.1) is 11.3 Å². The van der Waals surface area contributed by atoms with Gasteiger partial charge in [0.2, 0.25) is 0 Å². The van der Waals surface area contributed by atoms with Gasteiger partial charge in [-0.2, -0.15) is 0 Å². The molecule has 3 nitrogen and oxygen atoms in total. The number of nitrogens with zero attached hydrogens (tertiary/aromatic N) is 1. The molecule has 0 saturated carbocycles. The van der Waals surface area contributed by atoms with E-state index in [0.717, 1.165) is 38.9 Å². The summed E-state index contributed by atoms with van der Waals surface area (Å²) in [5.74, 6) is 1.32. The quantitative estimate of drug-likeness (QED) is 0.877. The fraction of sp³-hybridized carbons (Fsp3) is 0.471. The van der Waals surface area contributed by atoms with E-state index >= 15 is 0 Å². The van der Waals surface area contributed by atoms with Crippen LogP contribution in [0, 0.1) is 13.8 Å². The first-order chi connectivity index (χ1) is 10.0. The molecule has 1 aromatic carbocycles.